The third-order valence-corrected chi connectivity index (χ3v) is 3.89. The monoisotopic (exact) mass is 406 g/mol. The number of primary amides is 1. The lowest BCUT2D eigenvalue weighted by Crippen LogP contribution is -2.22. The highest BCUT2D eigenvalue weighted by Gasteiger charge is 2.14. The molecule has 0 saturated heterocycles. The average molecular weight is 408 g/mol. The van der Waals surface area contributed by atoms with Gasteiger partial charge in [-0.3, -0.25) is 9.59 Å². The Bertz CT molecular complexity index is 788. The van der Waals surface area contributed by atoms with E-state index in [2.05, 4.69) is 5.32 Å². The third-order valence-electron chi connectivity index (χ3n) is 2.84. The maximum Gasteiger partial charge on any atom is 0.262 e. The van der Waals surface area contributed by atoms with Gasteiger partial charge in [0.25, 0.3) is 11.8 Å². The molecule has 0 atom stereocenters. The van der Waals surface area contributed by atoms with Gasteiger partial charge in [-0.05, 0) is 30.3 Å². The molecule has 0 spiro atoms. The highest BCUT2D eigenvalue weighted by atomic mass is 35.5. The van der Waals surface area contributed by atoms with Gasteiger partial charge in [0, 0.05) is 10.0 Å². The maximum absolute atomic E-state index is 12.0. The molecular formula is C15H10Cl4N2O3. The van der Waals surface area contributed by atoms with Gasteiger partial charge in [0.15, 0.2) is 6.61 Å². The molecule has 0 aliphatic heterocycles. The fourth-order valence-electron chi connectivity index (χ4n) is 1.80. The molecule has 126 valence electrons. The van der Waals surface area contributed by atoms with Crippen molar-refractivity contribution in [2.45, 2.75) is 0 Å². The molecule has 0 aliphatic carbocycles. The van der Waals surface area contributed by atoms with Gasteiger partial charge < -0.3 is 15.8 Å². The predicted molar refractivity (Wildman–Crippen MR) is 95.6 cm³/mol. The zero-order valence-corrected chi connectivity index (χ0v) is 14.9. The standard InChI is InChI=1S/C15H10Cl4N2O3/c16-7-1-2-12(9(3-7)15(20)23)24-6-13(22)21-14-10(18)4-8(17)5-11(14)19/h1-5H,6H2,(H2,20,23)(H,21,22). The van der Waals surface area contributed by atoms with Crippen molar-refractivity contribution < 1.29 is 14.3 Å². The number of hydrogen-bond acceptors (Lipinski definition) is 3. The first-order valence-electron chi connectivity index (χ1n) is 6.44. The minimum Gasteiger partial charge on any atom is -0.483 e. The molecule has 2 aromatic carbocycles. The van der Waals surface area contributed by atoms with E-state index >= 15 is 0 Å². The summed E-state index contributed by atoms with van der Waals surface area (Å²) < 4.78 is 5.31. The summed E-state index contributed by atoms with van der Waals surface area (Å²) in [6.07, 6.45) is 0. The van der Waals surface area contributed by atoms with Crippen molar-refractivity contribution in [3.05, 3.63) is 56.0 Å². The Morgan fingerprint density at radius 1 is 1.00 bits per heavy atom. The van der Waals surface area contributed by atoms with Crippen LogP contribution in [0.2, 0.25) is 20.1 Å². The number of hydrogen-bond donors (Lipinski definition) is 2. The predicted octanol–water partition coefficient (Wildman–Crippen LogP) is 4.42. The van der Waals surface area contributed by atoms with Gasteiger partial charge in [-0.2, -0.15) is 0 Å². The van der Waals surface area contributed by atoms with Gasteiger partial charge >= 0.3 is 0 Å². The highest BCUT2D eigenvalue weighted by Crippen LogP contribution is 2.33. The van der Waals surface area contributed by atoms with E-state index in [0.29, 0.717) is 10.0 Å². The molecule has 0 heterocycles. The topological polar surface area (TPSA) is 81.4 Å². The van der Waals surface area contributed by atoms with Gasteiger partial charge in [-0.1, -0.05) is 46.4 Å². The van der Waals surface area contributed by atoms with Crippen LogP contribution in [0.4, 0.5) is 5.69 Å². The minimum absolute atomic E-state index is 0.0675. The third kappa shape index (κ3) is 4.68. The van der Waals surface area contributed by atoms with Crippen LogP contribution in [-0.2, 0) is 4.79 Å². The molecule has 0 aromatic heterocycles. The number of rotatable bonds is 5. The number of carbonyl (C=O) groups excluding carboxylic acids is 2. The largest absolute Gasteiger partial charge is 0.483 e. The molecule has 24 heavy (non-hydrogen) atoms. The smallest absolute Gasteiger partial charge is 0.262 e. The second-order valence-corrected chi connectivity index (χ2v) is 6.27. The van der Waals surface area contributed by atoms with Crippen molar-refractivity contribution in [2.24, 2.45) is 5.73 Å². The SMILES string of the molecule is NC(=O)c1cc(Cl)ccc1OCC(=O)Nc1c(Cl)cc(Cl)cc1Cl. The molecular weight excluding hydrogens is 398 g/mol. The molecule has 0 radical (unpaired) electrons. The number of carbonyl (C=O) groups is 2. The van der Waals surface area contributed by atoms with Gasteiger partial charge in [-0.25, -0.2) is 0 Å². The summed E-state index contributed by atoms with van der Waals surface area (Å²) in [6, 6.07) is 7.18. The average Bonchev–Trinajstić information content (AvgIpc) is 2.49. The minimum atomic E-state index is -0.725. The molecule has 9 heteroatoms. The molecule has 3 N–H and O–H groups in total. The number of nitrogens with two attached hydrogens (primary N) is 1. The molecule has 0 saturated carbocycles. The van der Waals surface area contributed by atoms with Gasteiger partial charge in [-0.15, -0.1) is 0 Å². The van der Waals surface area contributed by atoms with Gasteiger partial charge in [0.1, 0.15) is 5.75 Å². The van der Waals surface area contributed by atoms with E-state index < -0.39 is 18.4 Å². The normalized spacial score (nSPS) is 10.3. The summed E-state index contributed by atoms with van der Waals surface area (Å²) in [5.41, 5.74) is 5.52. The van der Waals surface area contributed by atoms with Crippen molar-refractivity contribution >= 4 is 63.9 Å². The first-order chi connectivity index (χ1) is 11.3. The zero-order valence-electron chi connectivity index (χ0n) is 11.9. The van der Waals surface area contributed by atoms with E-state index in [0.717, 1.165) is 0 Å². The van der Waals surface area contributed by atoms with E-state index in [1.165, 1.54) is 30.3 Å². The Labute approximate surface area is 157 Å². The summed E-state index contributed by atoms with van der Waals surface area (Å²) in [5, 5.41) is 3.54. The van der Waals surface area contributed by atoms with E-state index in [9.17, 15) is 9.59 Å². The lowest BCUT2D eigenvalue weighted by atomic mass is 10.2. The van der Waals surface area contributed by atoms with Crippen LogP contribution in [0.3, 0.4) is 0 Å². The quantitative estimate of drug-likeness (QED) is 0.769. The van der Waals surface area contributed by atoms with E-state index in [4.69, 9.17) is 56.9 Å². The molecule has 0 aliphatic rings. The van der Waals surface area contributed by atoms with Crippen LogP contribution in [-0.4, -0.2) is 18.4 Å². The summed E-state index contributed by atoms with van der Waals surface area (Å²) >= 11 is 23.6. The lowest BCUT2D eigenvalue weighted by Gasteiger charge is -2.12. The van der Waals surface area contributed by atoms with Gasteiger partial charge in [0.2, 0.25) is 0 Å². The number of nitrogens with one attached hydrogen (secondary N) is 1. The summed E-state index contributed by atoms with van der Waals surface area (Å²) in [6.45, 7) is -0.392. The number of anilines is 1. The van der Waals surface area contributed by atoms with Crippen molar-refractivity contribution in [3.63, 3.8) is 0 Å². The molecule has 0 bridgehead atoms. The van der Waals surface area contributed by atoms with E-state index in [-0.39, 0.29) is 27.0 Å². The summed E-state index contributed by atoms with van der Waals surface area (Å²) in [4.78, 5) is 23.4. The van der Waals surface area contributed by atoms with E-state index in [1.54, 1.807) is 0 Å². The second kappa shape index (κ2) is 7.94. The Morgan fingerprint density at radius 2 is 1.62 bits per heavy atom. The second-order valence-electron chi connectivity index (χ2n) is 4.59. The molecule has 0 fully saturated rings. The molecule has 2 aromatic rings. The van der Waals surface area contributed by atoms with Crippen molar-refractivity contribution in [2.75, 3.05) is 11.9 Å². The van der Waals surface area contributed by atoms with Crippen molar-refractivity contribution in [3.8, 4) is 5.75 Å². The van der Waals surface area contributed by atoms with Crippen molar-refractivity contribution in [1.82, 2.24) is 0 Å². The van der Waals surface area contributed by atoms with Gasteiger partial charge in [0.05, 0.1) is 21.3 Å². The molecule has 2 amide bonds. The highest BCUT2D eigenvalue weighted by molar-refractivity contribution is 6.42. The van der Waals surface area contributed by atoms with Crippen LogP contribution in [0.5, 0.6) is 5.75 Å². The summed E-state index contributed by atoms with van der Waals surface area (Å²) in [5.74, 6) is -1.13. The number of benzene rings is 2. The first-order valence-corrected chi connectivity index (χ1v) is 7.95. The Balaban J connectivity index is 2.09. The number of halogens is 4. The molecule has 5 nitrogen and oxygen atoms in total. The van der Waals surface area contributed by atoms with Crippen LogP contribution in [0.1, 0.15) is 10.4 Å². The maximum atomic E-state index is 12.0. The van der Waals surface area contributed by atoms with Crippen LogP contribution >= 0.6 is 46.4 Å². The molecule has 0 unspecified atom stereocenters. The van der Waals surface area contributed by atoms with Crippen LogP contribution < -0.4 is 15.8 Å². The lowest BCUT2D eigenvalue weighted by molar-refractivity contribution is -0.118. The zero-order chi connectivity index (χ0) is 17.9. The fourth-order valence-corrected chi connectivity index (χ4v) is 2.88. The van der Waals surface area contributed by atoms with Crippen molar-refractivity contribution in [1.29, 1.82) is 0 Å². The number of ether oxygens (including phenoxy) is 1. The van der Waals surface area contributed by atoms with Crippen LogP contribution in [0.25, 0.3) is 0 Å². The summed E-state index contributed by atoms with van der Waals surface area (Å²) in [7, 11) is 0. The Kier molecular flexibility index (Phi) is 6.18. The first kappa shape index (κ1) is 18.7. The number of amides is 2. The van der Waals surface area contributed by atoms with E-state index in [1.807, 2.05) is 0 Å². The van der Waals surface area contributed by atoms with Crippen LogP contribution in [0, 0.1) is 0 Å². The molecule has 2 rings (SSSR count). The Morgan fingerprint density at radius 3 is 2.21 bits per heavy atom. The van der Waals surface area contributed by atoms with Crippen LogP contribution in [0.15, 0.2) is 30.3 Å². The fraction of sp³-hybridized carbons (Fsp3) is 0.0667. The Hall–Kier alpha value is -1.66.